The summed E-state index contributed by atoms with van der Waals surface area (Å²) >= 11 is 1.64. The maximum Gasteiger partial charge on any atom is 0.255 e. The molecule has 0 radical (unpaired) electrons. The van der Waals surface area contributed by atoms with Crippen molar-refractivity contribution in [3.8, 4) is 0 Å². The van der Waals surface area contributed by atoms with Crippen molar-refractivity contribution in [1.29, 1.82) is 0 Å². The van der Waals surface area contributed by atoms with Crippen LogP contribution in [0.15, 0.2) is 59.5 Å². The lowest BCUT2D eigenvalue weighted by Crippen LogP contribution is -2.12. The van der Waals surface area contributed by atoms with Crippen LogP contribution in [-0.4, -0.2) is 12.2 Å². The van der Waals surface area contributed by atoms with Crippen LogP contribution in [0, 0.1) is 0 Å². The Bertz CT molecular complexity index is 906. The van der Waals surface area contributed by atoms with Crippen LogP contribution in [0.3, 0.4) is 0 Å². The molecule has 2 nitrogen and oxygen atoms in total. The number of carbonyl (C=O) groups excluding carboxylic acids is 1. The third kappa shape index (κ3) is 2.51. The molecule has 0 heterocycles. The van der Waals surface area contributed by atoms with Crippen molar-refractivity contribution in [2.45, 2.75) is 17.7 Å². The summed E-state index contributed by atoms with van der Waals surface area (Å²) in [7, 11) is 0. The summed E-state index contributed by atoms with van der Waals surface area (Å²) in [5.74, 6) is -0.0559. The quantitative estimate of drug-likeness (QED) is 0.695. The third-order valence-electron chi connectivity index (χ3n) is 4.46. The standard InChI is InChI=1S/C20H17NOS/c1-23-16-6-2-5-15(12-16)20(22)21-18-11-10-14-9-8-13-4-3-7-17(18)19(13)14/h2-7,10-12H,8-9H2,1H3,(H,21,22). The highest BCUT2D eigenvalue weighted by Crippen LogP contribution is 2.35. The topological polar surface area (TPSA) is 29.1 Å². The van der Waals surface area contributed by atoms with Crippen molar-refractivity contribution in [2.24, 2.45) is 0 Å². The second-order valence-electron chi connectivity index (χ2n) is 5.80. The normalized spacial score (nSPS) is 12.6. The highest BCUT2D eigenvalue weighted by atomic mass is 32.2. The van der Waals surface area contributed by atoms with E-state index >= 15 is 0 Å². The lowest BCUT2D eigenvalue weighted by atomic mass is 10.0. The average molecular weight is 319 g/mol. The first-order valence-electron chi connectivity index (χ1n) is 7.75. The van der Waals surface area contributed by atoms with Crippen molar-refractivity contribution in [3.63, 3.8) is 0 Å². The van der Waals surface area contributed by atoms with Gasteiger partial charge in [-0.25, -0.2) is 0 Å². The molecule has 0 fully saturated rings. The maximum atomic E-state index is 12.6. The van der Waals surface area contributed by atoms with Crippen molar-refractivity contribution in [3.05, 3.63) is 71.3 Å². The van der Waals surface area contributed by atoms with Gasteiger partial charge in [0.25, 0.3) is 5.91 Å². The van der Waals surface area contributed by atoms with Crippen molar-refractivity contribution >= 4 is 34.1 Å². The summed E-state index contributed by atoms with van der Waals surface area (Å²) < 4.78 is 0. The molecule has 1 amide bonds. The average Bonchev–Trinajstić information content (AvgIpc) is 3.02. The first-order valence-corrected chi connectivity index (χ1v) is 8.97. The zero-order valence-electron chi connectivity index (χ0n) is 12.9. The Morgan fingerprint density at radius 1 is 1.00 bits per heavy atom. The molecule has 4 rings (SSSR count). The summed E-state index contributed by atoms with van der Waals surface area (Å²) in [6.45, 7) is 0. The number of rotatable bonds is 3. The van der Waals surface area contributed by atoms with Gasteiger partial charge < -0.3 is 5.32 Å². The van der Waals surface area contributed by atoms with E-state index in [0.29, 0.717) is 5.56 Å². The fraction of sp³-hybridized carbons (Fsp3) is 0.150. The molecule has 0 aromatic heterocycles. The minimum atomic E-state index is -0.0559. The van der Waals surface area contributed by atoms with Crippen LogP contribution < -0.4 is 5.32 Å². The molecule has 1 N–H and O–H groups in total. The van der Waals surface area contributed by atoms with Gasteiger partial charge in [0.1, 0.15) is 0 Å². The molecule has 114 valence electrons. The Morgan fingerprint density at radius 2 is 1.78 bits per heavy atom. The zero-order valence-corrected chi connectivity index (χ0v) is 13.7. The maximum absolute atomic E-state index is 12.6. The molecular weight excluding hydrogens is 302 g/mol. The zero-order chi connectivity index (χ0) is 15.8. The van der Waals surface area contributed by atoms with E-state index in [1.165, 1.54) is 16.5 Å². The molecule has 1 aliphatic carbocycles. The second-order valence-corrected chi connectivity index (χ2v) is 6.68. The van der Waals surface area contributed by atoms with Gasteiger partial charge in [-0.1, -0.05) is 30.3 Å². The molecule has 0 aliphatic heterocycles. The molecular formula is C20H17NOS. The van der Waals surface area contributed by atoms with Gasteiger partial charge in [-0.3, -0.25) is 4.79 Å². The van der Waals surface area contributed by atoms with Crippen LogP contribution in [0.4, 0.5) is 5.69 Å². The van der Waals surface area contributed by atoms with Crippen molar-refractivity contribution in [2.75, 3.05) is 11.6 Å². The molecule has 23 heavy (non-hydrogen) atoms. The number of benzene rings is 3. The molecule has 3 heteroatoms. The van der Waals surface area contributed by atoms with Gasteiger partial charge in [-0.2, -0.15) is 0 Å². The van der Waals surface area contributed by atoms with Gasteiger partial charge in [0.15, 0.2) is 0 Å². The van der Waals surface area contributed by atoms with Crippen LogP contribution in [0.1, 0.15) is 21.5 Å². The van der Waals surface area contributed by atoms with E-state index in [4.69, 9.17) is 0 Å². The first kappa shape index (κ1) is 14.3. The number of nitrogens with one attached hydrogen (secondary N) is 1. The molecule has 0 bridgehead atoms. The summed E-state index contributed by atoms with van der Waals surface area (Å²) in [6.07, 6.45) is 4.21. The summed E-state index contributed by atoms with van der Waals surface area (Å²) in [6, 6.07) is 18.3. The Balaban J connectivity index is 1.72. The van der Waals surface area contributed by atoms with Gasteiger partial charge in [0.2, 0.25) is 0 Å². The van der Waals surface area contributed by atoms with Crippen LogP contribution in [0.2, 0.25) is 0 Å². The van der Waals surface area contributed by atoms with Gasteiger partial charge in [-0.15, -0.1) is 11.8 Å². The monoisotopic (exact) mass is 319 g/mol. The van der Waals surface area contributed by atoms with Crippen LogP contribution in [0.25, 0.3) is 10.8 Å². The Hall–Kier alpha value is -2.26. The molecule has 0 saturated carbocycles. The van der Waals surface area contributed by atoms with Crippen molar-refractivity contribution in [1.82, 2.24) is 0 Å². The highest BCUT2D eigenvalue weighted by Gasteiger charge is 2.17. The molecule has 3 aromatic carbocycles. The van der Waals surface area contributed by atoms with E-state index in [0.717, 1.165) is 28.8 Å². The van der Waals surface area contributed by atoms with Crippen LogP contribution >= 0.6 is 11.8 Å². The molecule has 0 atom stereocenters. The van der Waals surface area contributed by atoms with Gasteiger partial charge in [-0.05, 0) is 59.9 Å². The number of thioether (sulfide) groups is 1. The fourth-order valence-electron chi connectivity index (χ4n) is 3.31. The smallest absolute Gasteiger partial charge is 0.255 e. The lowest BCUT2D eigenvalue weighted by molar-refractivity contribution is 0.102. The number of hydrogen-bond donors (Lipinski definition) is 1. The van der Waals surface area contributed by atoms with Gasteiger partial charge in [0.05, 0.1) is 0 Å². The van der Waals surface area contributed by atoms with E-state index in [9.17, 15) is 4.79 Å². The van der Waals surface area contributed by atoms with E-state index < -0.39 is 0 Å². The highest BCUT2D eigenvalue weighted by molar-refractivity contribution is 7.98. The molecule has 0 unspecified atom stereocenters. The Kier molecular flexibility index (Phi) is 3.58. The van der Waals surface area contributed by atoms with E-state index in [-0.39, 0.29) is 5.91 Å². The SMILES string of the molecule is CSc1cccc(C(=O)Nc2ccc3c4c(cccc24)CC3)c1. The molecule has 0 spiro atoms. The predicted octanol–water partition coefficient (Wildman–Crippen LogP) is 4.91. The van der Waals surface area contributed by atoms with E-state index in [1.807, 2.05) is 36.6 Å². The predicted molar refractivity (Wildman–Crippen MR) is 97.5 cm³/mol. The Morgan fingerprint density at radius 3 is 2.61 bits per heavy atom. The van der Waals surface area contributed by atoms with Crippen LogP contribution in [0.5, 0.6) is 0 Å². The van der Waals surface area contributed by atoms with E-state index in [2.05, 4.69) is 29.6 Å². The minimum Gasteiger partial charge on any atom is -0.321 e. The lowest BCUT2D eigenvalue weighted by Gasteiger charge is -2.11. The molecule has 3 aromatic rings. The summed E-state index contributed by atoms with van der Waals surface area (Å²) in [5, 5.41) is 5.55. The van der Waals surface area contributed by atoms with Gasteiger partial charge in [0, 0.05) is 21.5 Å². The number of hydrogen-bond acceptors (Lipinski definition) is 2. The fourth-order valence-corrected chi connectivity index (χ4v) is 3.77. The third-order valence-corrected chi connectivity index (χ3v) is 5.18. The number of amides is 1. The Labute approximate surface area is 139 Å². The molecule has 0 saturated heterocycles. The summed E-state index contributed by atoms with van der Waals surface area (Å²) in [4.78, 5) is 13.7. The number of aryl methyl sites for hydroxylation is 2. The molecule has 1 aliphatic rings. The van der Waals surface area contributed by atoms with Crippen LogP contribution in [-0.2, 0) is 12.8 Å². The number of anilines is 1. The van der Waals surface area contributed by atoms with Gasteiger partial charge >= 0.3 is 0 Å². The van der Waals surface area contributed by atoms with E-state index in [1.54, 1.807) is 11.8 Å². The first-order chi connectivity index (χ1) is 11.3. The second kappa shape index (κ2) is 5.74. The van der Waals surface area contributed by atoms with Crippen molar-refractivity contribution < 1.29 is 4.79 Å². The minimum absolute atomic E-state index is 0.0559. The largest absolute Gasteiger partial charge is 0.321 e. The number of carbonyl (C=O) groups is 1. The summed E-state index contributed by atoms with van der Waals surface area (Å²) in [5.41, 5.74) is 4.36.